The number of benzene rings is 1. The lowest BCUT2D eigenvalue weighted by Crippen LogP contribution is -2.58. The zero-order valence-corrected chi connectivity index (χ0v) is 16.9. The van der Waals surface area contributed by atoms with Gasteiger partial charge in [0.15, 0.2) is 5.69 Å². The van der Waals surface area contributed by atoms with Crippen LogP contribution in [-0.2, 0) is 6.18 Å². The Hall–Kier alpha value is -3.04. The SMILES string of the molecule is NC1=NC2(CCCCC2)N(c2ccc(-n3nc(C(F)(F)F)cc3C3CC3)cc2)C(N)=N1. The average Bonchev–Trinajstić information content (AvgIpc) is 3.45. The lowest BCUT2D eigenvalue weighted by atomic mass is 9.87. The van der Waals surface area contributed by atoms with Crippen molar-refractivity contribution in [1.82, 2.24) is 9.78 Å². The van der Waals surface area contributed by atoms with Gasteiger partial charge < -0.3 is 11.5 Å². The lowest BCUT2D eigenvalue weighted by molar-refractivity contribution is -0.141. The minimum Gasteiger partial charge on any atom is -0.369 e. The highest BCUT2D eigenvalue weighted by Gasteiger charge is 2.43. The van der Waals surface area contributed by atoms with E-state index in [2.05, 4.69) is 15.1 Å². The first-order valence-corrected chi connectivity index (χ1v) is 10.5. The molecule has 31 heavy (non-hydrogen) atoms. The van der Waals surface area contributed by atoms with E-state index in [1.54, 1.807) is 12.1 Å². The van der Waals surface area contributed by atoms with E-state index in [0.717, 1.165) is 56.7 Å². The summed E-state index contributed by atoms with van der Waals surface area (Å²) in [5, 5.41) is 3.85. The third-order valence-electron chi connectivity index (χ3n) is 6.23. The van der Waals surface area contributed by atoms with Crippen LogP contribution in [0.25, 0.3) is 5.69 Å². The van der Waals surface area contributed by atoms with Crippen LogP contribution in [0, 0.1) is 0 Å². The van der Waals surface area contributed by atoms with E-state index in [1.807, 2.05) is 17.0 Å². The average molecular weight is 431 g/mol. The fourth-order valence-electron chi connectivity index (χ4n) is 4.65. The highest BCUT2D eigenvalue weighted by atomic mass is 19.4. The number of rotatable bonds is 3. The Morgan fingerprint density at radius 1 is 0.968 bits per heavy atom. The van der Waals surface area contributed by atoms with E-state index in [-0.39, 0.29) is 17.8 Å². The summed E-state index contributed by atoms with van der Waals surface area (Å²) in [6.07, 6.45) is 2.06. The molecule has 2 aliphatic carbocycles. The molecular formula is C21H24F3N7. The van der Waals surface area contributed by atoms with Gasteiger partial charge >= 0.3 is 6.18 Å². The van der Waals surface area contributed by atoms with Crippen LogP contribution in [0.4, 0.5) is 18.9 Å². The van der Waals surface area contributed by atoms with E-state index in [9.17, 15) is 13.2 Å². The molecule has 0 bridgehead atoms. The van der Waals surface area contributed by atoms with Crippen LogP contribution in [0.1, 0.15) is 62.3 Å². The number of aromatic nitrogens is 2. The van der Waals surface area contributed by atoms with Crippen LogP contribution in [-0.4, -0.2) is 27.4 Å². The first kappa shape index (κ1) is 19.9. The molecule has 2 heterocycles. The molecule has 7 nitrogen and oxygen atoms in total. The monoisotopic (exact) mass is 431 g/mol. The van der Waals surface area contributed by atoms with Gasteiger partial charge in [-0.15, -0.1) is 0 Å². The summed E-state index contributed by atoms with van der Waals surface area (Å²) in [6, 6.07) is 8.35. The molecule has 2 aromatic rings. The standard InChI is InChI=1S/C21H24F3N7/c22-21(23,24)17-12-16(13-4-5-13)31(29-17)15-8-6-14(7-9-15)30-19(26)27-18(25)28-20(30)10-2-1-3-11-20/h6-9,12-13H,1-5,10-11H2,(H4,25,26,27,28). The fourth-order valence-corrected chi connectivity index (χ4v) is 4.65. The smallest absolute Gasteiger partial charge is 0.369 e. The Morgan fingerprint density at radius 3 is 2.23 bits per heavy atom. The van der Waals surface area contributed by atoms with Crippen molar-refractivity contribution in [1.29, 1.82) is 0 Å². The second kappa shape index (κ2) is 7.00. The number of anilines is 1. The van der Waals surface area contributed by atoms with Gasteiger partial charge in [-0.05, 0) is 68.9 Å². The zero-order valence-electron chi connectivity index (χ0n) is 16.9. The Kier molecular flexibility index (Phi) is 4.49. The van der Waals surface area contributed by atoms with Gasteiger partial charge in [-0.3, -0.25) is 4.90 Å². The van der Waals surface area contributed by atoms with Crippen LogP contribution in [0.2, 0.25) is 0 Å². The molecule has 2 fully saturated rings. The van der Waals surface area contributed by atoms with Gasteiger partial charge in [-0.25, -0.2) is 9.67 Å². The number of aliphatic imine (C=N–C) groups is 2. The maximum atomic E-state index is 13.2. The first-order valence-electron chi connectivity index (χ1n) is 10.5. The van der Waals surface area contributed by atoms with E-state index in [4.69, 9.17) is 11.5 Å². The van der Waals surface area contributed by atoms with E-state index in [1.165, 1.54) is 4.68 Å². The van der Waals surface area contributed by atoms with Crippen LogP contribution in [0.3, 0.4) is 0 Å². The largest absolute Gasteiger partial charge is 0.435 e. The van der Waals surface area contributed by atoms with Crippen molar-refractivity contribution >= 4 is 17.6 Å². The molecule has 4 N–H and O–H groups in total. The number of guanidine groups is 2. The molecule has 1 aliphatic heterocycles. The lowest BCUT2D eigenvalue weighted by Gasteiger charge is -2.45. The fraction of sp³-hybridized carbons (Fsp3) is 0.476. The summed E-state index contributed by atoms with van der Waals surface area (Å²) < 4.78 is 41.1. The van der Waals surface area contributed by atoms with E-state index < -0.39 is 17.5 Å². The van der Waals surface area contributed by atoms with Gasteiger partial charge in [-0.2, -0.15) is 23.3 Å². The third-order valence-corrected chi connectivity index (χ3v) is 6.23. The molecule has 0 saturated heterocycles. The minimum absolute atomic E-state index is 0.121. The van der Waals surface area contributed by atoms with Crippen molar-refractivity contribution in [2.75, 3.05) is 4.90 Å². The van der Waals surface area contributed by atoms with E-state index in [0.29, 0.717) is 11.4 Å². The van der Waals surface area contributed by atoms with Crippen LogP contribution < -0.4 is 16.4 Å². The maximum absolute atomic E-state index is 13.2. The molecular weight excluding hydrogens is 407 g/mol. The predicted molar refractivity (Wildman–Crippen MR) is 112 cm³/mol. The molecule has 2 saturated carbocycles. The predicted octanol–water partition coefficient (Wildman–Crippen LogP) is 3.88. The normalized spacial score (nSPS) is 21.2. The van der Waals surface area contributed by atoms with Crippen LogP contribution in [0.15, 0.2) is 40.3 Å². The van der Waals surface area contributed by atoms with Crippen LogP contribution in [0.5, 0.6) is 0 Å². The topological polar surface area (TPSA) is 97.8 Å². The Bertz CT molecular complexity index is 1040. The highest BCUT2D eigenvalue weighted by molar-refractivity contribution is 6.05. The molecule has 164 valence electrons. The summed E-state index contributed by atoms with van der Waals surface area (Å²) in [6.45, 7) is 0. The van der Waals surface area contributed by atoms with Crippen molar-refractivity contribution in [3.8, 4) is 5.69 Å². The maximum Gasteiger partial charge on any atom is 0.435 e. The van der Waals surface area contributed by atoms with Gasteiger partial charge in [0.25, 0.3) is 0 Å². The van der Waals surface area contributed by atoms with E-state index >= 15 is 0 Å². The van der Waals surface area contributed by atoms with Crippen molar-refractivity contribution < 1.29 is 13.2 Å². The van der Waals surface area contributed by atoms with Gasteiger partial charge in [0.1, 0.15) is 5.66 Å². The number of nitrogens with two attached hydrogens (primary N) is 2. The molecule has 0 atom stereocenters. The minimum atomic E-state index is -4.47. The Morgan fingerprint density at radius 2 is 1.61 bits per heavy atom. The molecule has 0 amide bonds. The van der Waals surface area contributed by atoms with Crippen molar-refractivity contribution in [2.24, 2.45) is 21.5 Å². The number of hydrogen-bond acceptors (Lipinski definition) is 6. The zero-order chi connectivity index (χ0) is 21.8. The molecule has 3 aliphatic rings. The van der Waals surface area contributed by atoms with Crippen molar-refractivity contribution in [2.45, 2.75) is 62.7 Å². The first-order chi connectivity index (χ1) is 14.8. The van der Waals surface area contributed by atoms with Crippen LogP contribution >= 0.6 is 0 Å². The van der Waals surface area contributed by atoms with Gasteiger partial charge in [-0.1, -0.05) is 6.42 Å². The number of hydrogen-bond donors (Lipinski definition) is 2. The molecule has 5 rings (SSSR count). The molecule has 0 radical (unpaired) electrons. The number of nitrogens with zero attached hydrogens (tertiary/aromatic N) is 5. The second-order valence-electron chi connectivity index (χ2n) is 8.47. The number of alkyl halides is 3. The van der Waals surface area contributed by atoms with Crippen molar-refractivity contribution in [3.63, 3.8) is 0 Å². The summed E-state index contributed by atoms with van der Waals surface area (Å²) in [7, 11) is 0. The van der Waals surface area contributed by atoms with Gasteiger partial charge in [0, 0.05) is 17.3 Å². The summed E-state index contributed by atoms with van der Waals surface area (Å²) in [5.74, 6) is 0.577. The Balaban J connectivity index is 1.51. The third kappa shape index (κ3) is 3.53. The highest BCUT2D eigenvalue weighted by Crippen LogP contribution is 2.43. The van der Waals surface area contributed by atoms with Crippen molar-refractivity contribution in [3.05, 3.63) is 41.7 Å². The molecule has 1 aromatic heterocycles. The second-order valence-corrected chi connectivity index (χ2v) is 8.47. The summed E-state index contributed by atoms with van der Waals surface area (Å²) >= 11 is 0. The quantitative estimate of drug-likeness (QED) is 0.771. The molecule has 1 aromatic carbocycles. The Labute approximate surface area is 177 Å². The summed E-state index contributed by atoms with van der Waals surface area (Å²) in [5.41, 5.74) is 12.7. The molecule has 10 heteroatoms. The molecule has 1 spiro atoms. The van der Waals surface area contributed by atoms with Gasteiger partial charge in [0.05, 0.1) is 5.69 Å². The van der Waals surface area contributed by atoms with Gasteiger partial charge in [0.2, 0.25) is 11.9 Å². The number of halogens is 3. The summed E-state index contributed by atoms with van der Waals surface area (Å²) in [4.78, 5) is 10.7. The molecule has 0 unspecified atom stereocenters.